The summed E-state index contributed by atoms with van der Waals surface area (Å²) in [6.45, 7) is 8.10. The molecule has 0 rings (SSSR count). The highest BCUT2D eigenvalue weighted by atomic mass is 79.9. The maximum Gasteiger partial charge on any atom is 0.135 e. The van der Waals surface area contributed by atoms with Crippen LogP contribution in [0.3, 0.4) is 0 Å². The van der Waals surface area contributed by atoms with Crippen LogP contribution in [-0.4, -0.2) is 11.1 Å². The molecule has 0 heterocycles. The standard InChI is InChI=1S/C9H17BrO/c1-7(2)8(11)5-9(3,4)6-10/h7H,5-6H2,1-4H3. The largest absolute Gasteiger partial charge is 0.299 e. The van der Waals surface area contributed by atoms with Crippen LogP contribution in [0.4, 0.5) is 0 Å². The van der Waals surface area contributed by atoms with Crippen LogP contribution in [-0.2, 0) is 4.79 Å². The van der Waals surface area contributed by atoms with Gasteiger partial charge in [-0.05, 0) is 5.41 Å². The van der Waals surface area contributed by atoms with Crippen LogP contribution in [0.2, 0.25) is 0 Å². The Balaban J connectivity index is 3.94. The first kappa shape index (κ1) is 11.2. The van der Waals surface area contributed by atoms with Crippen LogP contribution in [0.1, 0.15) is 34.1 Å². The second-order valence-corrected chi connectivity index (χ2v) is 4.66. The van der Waals surface area contributed by atoms with Gasteiger partial charge in [0, 0.05) is 17.7 Å². The lowest BCUT2D eigenvalue weighted by Gasteiger charge is -2.21. The lowest BCUT2D eigenvalue weighted by atomic mass is 9.87. The summed E-state index contributed by atoms with van der Waals surface area (Å²) in [7, 11) is 0. The Morgan fingerprint density at radius 3 is 2.18 bits per heavy atom. The summed E-state index contributed by atoms with van der Waals surface area (Å²) in [6.07, 6.45) is 0.677. The predicted octanol–water partition coefficient (Wildman–Crippen LogP) is 3.02. The maximum atomic E-state index is 11.3. The van der Waals surface area contributed by atoms with Crippen LogP contribution >= 0.6 is 15.9 Å². The van der Waals surface area contributed by atoms with Crippen LogP contribution in [0.15, 0.2) is 0 Å². The van der Waals surface area contributed by atoms with Crippen molar-refractivity contribution in [1.82, 2.24) is 0 Å². The fraction of sp³-hybridized carbons (Fsp3) is 0.889. The molecule has 0 fully saturated rings. The molecule has 0 saturated heterocycles. The van der Waals surface area contributed by atoms with Gasteiger partial charge in [0.25, 0.3) is 0 Å². The molecule has 0 spiro atoms. The molecule has 0 amide bonds. The third kappa shape index (κ3) is 4.57. The molecule has 2 heteroatoms. The minimum atomic E-state index is 0.112. The zero-order valence-corrected chi connectivity index (χ0v) is 9.36. The first-order valence-corrected chi connectivity index (χ1v) is 5.10. The highest BCUT2D eigenvalue weighted by molar-refractivity contribution is 9.09. The van der Waals surface area contributed by atoms with Crippen molar-refractivity contribution in [2.24, 2.45) is 11.3 Å². The van der Waals surface area contributed by atoms with Crippen molar-refractivity contribution in [3.63, 3.8) is 0 Å². The van der Waals surface area contributed by atoms with Gasteiger partial charge in [0.2, 0.25) is 0 Å². The van der Waals surface area contributed by atoms with Crippen LogP contribution in [0.25, 0.3) is 0 Å². The molecule has 0 saturated carbocycles. The summed E-state index contributed by atoms with van der Waals surface area (Å²) in [4.78, 5) is 11.3. The van der Waals surface area contributed by atoms with Gasteiger partial charge in [-0.15, -0.1) is 0 Å². The van der Waals surface area contributed by atoms with Crippen molar-refractivity contribution >= 4 is 21.7 Å². The molecule has 0 aliphatic carbocycles. The van der Waals surface area contributed by atoms with E-state index in [4.69, 9.17) is 0 Å². The minimum Gasteiger partial charge on any atom is -0.299 e. The normalized spacial score (nSPS) is 12.2. The van der Waals surface area contributed by atoms with Gasteiger partial charge in [0.05, 0.1) is 0 Å². The van der Waals surface area contributed by atoms with Gasteiger partial charge in [-0.3, -0.25) is 4.79 Å². The molecule has 0 aliphatic rings. The number of Topliss-reactive ketones (excluding diaryl/α,β-unsaturated/α-hetero) is 1. The molecule has 0 aromatic carbocycles. The van der Waals surface area contributed by atoms with Crippen LogP contribution in [0, 0.1) is 11.3 Å². The topological polar surface area (TPSA) is 17.1 Å². The van der Waals surface area contributed by atoms with E-state index in [1.807, 2.05) is 13.8 Å². The maximum absolute atomic E-state index is 11.3. The molecule has 0 aromatic rings. The number of hydrogen-bond donors (Lipinski definition) is 0. The molecule has 66 valence electrons. The van der Waals surface area contributed by atoms with Gasteiger partial charge in [0.15, 0.2) is 0 Å². The Morgan fingerprint density at radius 1 is 1.45 bits per heavy atom. The van der Waals surface area contributed by atoms with Crippen molar-refractivity contribution in [2.45, 2.75) is 34.1 Å². The van der Waals surface area contributed by atoms with Crippen LogP contribution < -0.4 is 0 Å². The van der Waals surface area contributed by atoms with E-state index in [0.717, 1.165) is 5.33 Å². The van der Waals surface area contributed by atoms with E-state index in [2.05, 4.69) is 29.8 Å². The molecule has 1 nitrogen and oxygen atoms in total. The molecule has 0 bridgehead atoms. The highest BCUT2D eigenvalue weighted by Crippen LogP contribution is 2.24. The molecule has 0 unspecified atom stereocenters. The molecule has 11 heavy (non-hydrogen) atoms. The Labute approximate surface area is 77.7 Å². The quantitative estimate of drug-likeness (QED) is 0.667. The number of hydrogen-bond acceptors (Lipinski definition) is 1. The van der Waals surface area contributed by atoms with Gasteiger partial charge in [-0.25, -0.2) is 0 Å². The van der Waals surface area contributed by atoms with Crippen LogP contribution in [0.5, 0.6) is 0 Å². The number of carbonyl (C=O) groups is 1. The fourth-order valence-electron chi connectivity index (χ4n) is 0.723. The van der Waals surface area contributed by atoms with Crippen molar-refractivity contribution < 1.29 is 4.79 Å². The molecule has 0 aromatic heterocycles. The van der Waals surface area contributed by atoms with E-state index in [0.29, 0.717) is 12.2 Å². The smallest absolute Gasteiger partial charge is 0.135 e. The first-order chi connectivity index (χ1) is 4.89. The Hall–Kier alpha value is 0.150. The lowest BCUT2D eigenvalue weighted by Crippen LogP contribution is -2.21. The highest BCUT2D eigenvalue weighted by Gasteiger charge is 2.21. The molecule has 0 aliphatic heterocycles. The summed E-state index contributed by atoms with van der Waals surface area (Å²) in [5.74, 6) is 0.530. The van der Waals surface area contributed by atoms with E-state index in [1.54, 1.807) is 0 Å². The molecular weight excluding hydrogens is 204 g/mol. The van der Waals surface area contributed by atoms with E-state index < -0.39 is 0 Å². The molecule has 0 atom stereocenters. The molecular formula is C9H17BrO. The number of halogens is 1. The third-order valence-electron chi connectivity index (χ3n) is 1.66. The molecule has 0 radical (unpaired) electrons. The summed E-state index contributed by atoms with van der Waals surface area (Å²) in [6, 6.07) is 0. The van der Waals surface area contributed by atoms with Gasteiger partial charge in [-0.2, -0.15) is 0 Å². The fourth-order valence-corrected chi connectivity index (χ4v) is 0.921. The van der Waals surface area contributed by atoms with Gasteiger partial charge in [-0.1, -0.05) is 43.6 Å². The van der Waals surface area contributed by atoms with E-state index in [1.165, 1.54) is 0 Å². The van der Waals surface area contributed by atoms with E-state index >= 15 is 0 Å². The summed E-state index contributed by atoms with van der Waals surface area (Å²) in [5.41, 5.74) is 0.112. The number of ketones is 1. The predicted molar refractivity (Wildman–Crippen MR) is 52.0 cm³/mol. The number of carbonyl (C=O) groups excluding carboxylic acids is 1. The SMILES string of the molecule is CC(C)C(=O)CC(C)(C)CBr. The Kier molecular flexibility index (Phi) is 4.30. The second-order valence-electron chi connectivity index (χ2n) is 4.10. The van der Waals surface area contributed by atoms with Gasteiger partial charge >= 0.3 is 0 Å². The lowest BCUT2D eigenvalue weighted by molar-refractivity contribution is -0.123. The summed E-state index contributed by atoms with van der Waals surface area (Å²) >= 11 is 3.40. The zero-order chi connectivity index (χ0) is 9.07. The molecule has 0 N–H and O–H groups in total. The second kappa shape index (κ2) is 4.24. The average Bonchev–Trinajstić information content (AvgIpc) is 1.87. The average molecular weight is 221 g/mol. The van der Waals surface area contributed by atoms with Crippen molar-refractivity contribution in [2.75, 3.05) is 5.33 Å². The Bertz CT molecular complexity index is 138. The summed E-state index contributed by atoms with van der Waals surface area (Å²) in [5, 5.41) is 0.887. The Morgan fingerprint density at radius 2 is 1.91 bits per heavy atom. The van der Waals surface area contributed by atoms with Crippen molar-refractivity contribution in [3.05, 3.63) is 0 Å². The monoisotopic (exact) mass is 220 g/mol. The van der Waals surface area contributed by atoms with E-state index in [-0.39, 0.29) is 11.3 Å². The minimum absolute atomic E-state index is 0.112. The summed E-state index contributed by atoms with van der Waals surface area (Å²) < 4.78 is 0. The number of rotatable bonds is 4. The van der Waals surface area contributed by atoms with Gasteiger partial charge in [0.1, 0.15) is 5.78 Å². The van der Waals surface area contributed by atoms with E-state index in [9.17, 15) is 4.79 Å². The zero-order valence-electron chi connectivity index (χ0n) is 7.78. The first-order valence-electron chi connectivity index (χ1n) is 3.98. The van der Waals surface area contributed by atoms with Crippen molar-refractivity contribution in [1.29, 1.82) is 0 Å². The third-order valence-corrected chi connectivity index (χ3v) is 3.18. The van der Waals surface area contributed by atoms with Crippen molar-refractivity contribution in [3.8, 4) is 0 Å². The van der Waals surface area contributed by atoms with Gasteiger partial charge < -0.3 is 0 Å². The number of alkyl halides is 1.